The van der Waals surface area contributed by atoms with Crippen LogP contribution in [0, 0.1) is 11.8 Å². The lowest BCUT2D eigenvalue weighted by Crippen LogP contribution is -1.77. The molecular weight excluding hydrogens is 144 g/mol. The van der Waals surface area contributed by atoms with Gasteiger partial charge in [0, 0.05) is 6.42 Å². The minimum absolute atomic E-state index is 0.872. The van der Waals surface area contributed by atoms with Gasteiger partial charge in [0.2, 0.25) is 0 Å². The molecule has 64 valence electrons. The second-order valence-corrected chi connectivity index (χ2v) is 2.09. The maximum absolute atomic E-state index is 3.01. The molecule has 0 bridgehead atoms. The molecule has 0 unspecified atom stereocenters. The van der Waals surface area contributed by atoms with E-state index in [1.807, 2.05) is 39.0 Å². The van der Waals surface area contributed by atoms with Crippen LogP contribution >= 0.6 is 0 Å². The third kappa shape index (κ3) is 4.57. The molecule has 0 aromatic heterocycles. The normalized spacial score (nSPS) is 7.25. The Hall–Kier alpha value is -1.22. The molecule has 0 saturated heterocycles. The molecular formula is C12H16. The van der Waals surface area contributed by atoms with E-state index in [4.69, 9.17) is 0 Å². The molecule has 0 heteroatoms. The predicted molar refractivity (Wildman–Crippen MR) is 54.9 cm³/mol. The first kappa shape index (κ1) is 10.8. The minimum atomic E-state index is 0.872. The molecule has 0 aliphatic carbocycles. The van der Waals surface area contributed by atoms with Gasteiger partial charge in [-0.2, -0.15) is 0 Å². The van der Waals surface area contributed by atoms with Crippen molar-refractivity contribution in [1.29, 1.82) is 0 Å². The van der Waals surface area contributed by atoms with Crippen LogP contribution in [0.5, 0.6) is 0 Å². The van der Waals surface area contributed by atoms with Gasteiger partial charge in [-0.25, -0.2) is 0 Å². The average molecular weight is 160 g/mol. The molecule has 0 spiro atoms. The number of benzene rings is 1. The maximum Gasteiger partial charge on any atom is 0.0340 e. The fourth-order valence-electron chi connectivity index (χ4n) is 0.786. The lowest BCUT2D eigenvalue weighted by atomic mass is 10.2. The SMILES string of the molecule is CC.CC#CCc1ccccc1. The fraction of sp³-hybridized carbons (Fsp3) is 0.333. The lowest BCUT2D eigenvalue weighted by Gasteiger charge is -1.90. The Balaban J connectivity index is 0.000000561. The second kappa shape index (κ2) is 7.88. The Labute approximate surface area is 75.6 Å². The Kier molecular flexibility index (Phi) is 7.08. The first-order chi connectivity index (χ1) is 5.93. The monoisotopic (exact) mass is 160 g/mol. The summed E-state index contributed by atoms with van der Waals surface area (Å²) in [5.74, 6) is 5.88. The highest BCUT2D eigenvalue weighted by Gasteiger charge is 1.83. The van der Waals surface area contributed by atoms with Crippen molar-refractivity contribution in [2.45, 2.75) is 27.2 Å². The zero-order valence-corrected chi connectivity index (χ0v) is 8.09. The van der Waals surface area contributed by atoms with Crippen molar-refractivity contribution in [3.8, 4) is 11.8 Å². The van der Waals surface area contributed by atoms with Crippen LogP contribution in [-0.2, 0) is 6.42 Å². The molecule has 1 rings (SSSR count). The summed E-state index contributed by atoms with van der Waals surface area (Å²) < 4.78 is 0. The highest BCUT2D eigenvalue weighted by Crippen LogP contribution is 1.97. The number of rotatable bonds is 1. The van der Waals surface area contributed by atoms with E-state index in [1.165, 1.54) is 5.56 Å². The predicted octanol–water partition coefficient (Wildman–Crippen LogP) is 3.28. The van der Waals surface area contributed by atoms with Crippen molar-refractivity contribution in [2.24, 2.45) is 0 Å². The molecule has 1 aromatic carbocycles. The molecule has 0 aliphatic heterocycles. The molecule has 0 aliphatic rings. The summed E-state index contributed by atoms with van der Waals surface area (Å²) in [5, 5.41) is 0. The van der Waals surface area contributed by atoms with E-state index < -0.39 is 0 Å². The van der Waals surface area contributed by atoms with Crippen molar-refractivity contribution < 1.29 is 0 Å². The number of hydrogen-bond acceptors (Lipinski definition) is 0. The van der Waals surface area contributed by atoms with Gasteiger partial charge in [-0.3, -0.25) is 0 Å². The zero-order valence-electron chi connectivity index (χ0n) is 8.09. The van der Waals surface area contributed by atoms with E-state index >= 15 is 0 Å². The van der Waals surface area contributed by atoms with Gasteiger partial charge in [0.1, 0.15) is 0 Å². The standard InChI is InChI=1S/C10H10.C2H6/c1-2-3-7-10-8-5-4-6-9-10;1-2/h4-6,8-9H,7H2,1H3;1-2H3. The summed E-state index contributed by atoms with van der Waals surface area (Å²) >= 11 is 0. The van der Waals surface area contributed by atoms with Gasteiger partial charge in [-0.1, -0.05) is 50.1 Å². The topological polar surface area (TPSA) is 0 Å². The Morgan fingerprint density at radius 2 is 1.67 bits per heavy atom. The summed E-state index contributed by atoms with van der Waals surface area (Å²) in [6.07, 6.45) is 0.872. The minimum Gasteiger partial charge on any atom is -0.106 e. The van der Waals surface area contributed by atoms with Crippen LogP contribution in [0.2, 0.25) is 0 Å². The lowest BCUT2D eigenvalue weighted by molar-refractivity contribution is 1.32. The van der Waals surface area contributed by atoms with Crippen LogP contribution in [0.15, 0.2) is 30.3 Å². The van der Waals surface area contributed by atoms with E-state index in [9.17, 15) is 0 Å². The van der Waals surface area contributed by atoms with Crippen molar-refractivity contribution >= 4 is 0 Å². The van der Waals surface area contributed by atoms with Gasteiger partial charge in [0.05, 0.1) is 0 Å². The summed E-state index contributed by atoms with van der Waals surface area (Å²) in [4.78, 5) is 0. The third-order valence-corrected chi connectivity index (χ3v) is 1.31. The molecule has 0 heterocycles. The van der Waals surface area contributed by atoms with Gasteiger partial charge in [-0.05, 0) is 12.5 Å². The molecule has 0 amide bonds. The number of hydrogen-bond donors (Lipinski definition) is 0. The molecule has 1 aromatic rings. The highest BCUT2D eigenvalue weighted by molar-refractivity contribution is 5.20. The van der Waals surface area contributed by atoms with Crippen molar-refractivity contribution in [3.05, 3.63) is 35.9 Å². The van der Waals surface area contributed by atoms with Crippen molar-refractivity contribution in [3.63, 3.8) is 0 Å². The van der Waals surface area contributed by atoms with E-state index in [0.717, 1.165) is 6.42 Å². The molecule has 0 saturated carbocycles. The second-order valence-electron chi connectivity index (χ2n) is 2.09. The highest BCUT2D eigenvalue weighted by atomic mass is 13.9. The van der Waals surface area contributed by atoms with Gasteiger partial charge >= 0.3 is 0 Å². The summed E-state index contributed by atoms with van der Waals surface area (Å²) in [5.41, 5.74) is 1.29. The molecule has 0 radical (unpaired) electrons. The van der Waals surface area contributed by atoms with Crippen LogP contribution in [0.1, 0.15) is 26.3 Å². The van der Waals surface area contributed by atoms with Crippen LogP contribution in [0.3, 0.4) is 0 Å². The van der Waals surface area contributed by atoms with Gasteiger partial charge in [0.15, 0.2) is 0 Å². The van der Waals surface area contributed by atoms with E-state index in [1.54, 1.807) is 0 Å². The van der Waals surface area contributed by atoms with Crippen LogP contribution in [0.25, 0.3) is 0 Å². The molecule has 0 fully saturated rings. The quantitative estimate of drug-likeness (QED) is 0.553. The first-order valence-electron chi connectivity index (χ1n) is 4.37. The molecule has 12 heavy (non-hydrogen) atoms. The van der Waals surface area contributed by atoms with E-state index in [-0.39, 0.29) is 0 Å². The van der Waals surface area contributed by atoms with Crippen LogP contribution < -0.4 is 0 Å². The first-order valence-corrected chi connectivity index (χ1v) is 4.37. The summed E-state index contributed by atoms with van der Waals surface area (Å²) in [6, 6.07) is 10.3. The summed E-state index contributed by atoms with van der Waals surface area (Å²) in [6.45, 7) is 5.86. The maximum atomic E-state index is 3.01. The van der Waals surface area contributed by atoms with E-state index in [2.05, 4.69) is 24.0 Å². The van der Waals surface area contributed by atoms with Gasteiger partial charge < -0.3 is 0 Å². The van der Waals surface area contributed by atoms with Crippen molar-refractivity contribution in [2.75, 3.05) is 0 Å². The van der Waals surface area contributed by atoms with Gasteiger partial charge in [-0.15, -0.1) is 5.92 Å². The molecule has 0 N–H and O–H groups in total. The van der Waals surface area contributed by atoms with Crippen molar-refractivity contribution in [1.82, 2.24) is 0 Å². The van der Waals surface area contributed by atoms with Gasteiger partial charge in [0.25, 0.3) is 0 Å². The van der Waals surface area contributed by atoms with E-state index in [0.29, 0.717) is 0 Å². The zero-order chi connectivity index (χ0) is 9.23. The van der Waals surface area contributed by atoms with Crippen LogP contribution in [-0.4, -0.2) is 0 Å². The third-order valence-electron chi connectivity index (χ3n) is 1.31. The average Bonchev–Trinajstić information content (AvgIpc) is 2.19. The fourth-order valence-corrected chi connectivity index (χ4v) is 0.786. The Bertz CT molecular complexity index is 236. The molecule has 0 atom stereocenters. The molecule has 0 nitrogen and oxygen atoms in total. The Morgan fingerprint density at radius 1 is 1.08 bits per heavy atom. The Morgan fingerprint density at radius 3 is 2.17 bits per heavy atom. The van der Waals surface area contributed by atoms with Crippen LogP contribution in [0.4, 0.5) is 0 Å². The largest absolute Gasteiger partial charge is 0.106 e. The summed E-state index contributed by atoms with van der Waals surface area (Å²) in [7, 11) is 0. The smallest absolute Gasteiger partial charge is 0.0340 e.